The molecule has 1 N–H and O–H groups in total. The third-order valence-electron chi connectivity index (χ3n) is 1.82. The second kappa shape index (κ2) is 6.35. The molecule has 0 unspecified atom stereocenters. The van der Waals surface area contributed by atoms with E-state index < -0.39 is 0 Å². The van der Waals surface area contributed by atoms with Crippen LogP contribution in [-0.2, 0) is 0 Å². The third-order valence-corrected chi connectivity index (χ3v) is 3.06. The van der Waals surface area contributed by atoms with Crippen LogP contribution >= 0.6 is 31.9 Å². The molecular weight excluding hydrogens is 326 g/mol. The number of likely N-dealkylation sites (N-methyl/N-ethyl adjacent to an activating group) is 1. The van der Waals surface area contributed by atoms with E-state index in [1.54, 1.807) is 7.11 Å². The molecule has 0 aliphatic rings. The number of halogens is 2. The number of rotatable bonds is 5. The smallest absolute Gasteiger partial charge is 0.134 e. The zero-order chi connectivity index (χ0) is 11.3. The molecule has 1 rings (SSSR count). The van der Waals surface area contributed by atoms with Crippen LogP contribution in [0.25, 0.3) is 0 Å². The number of benzene rings is 1. The SMILES string of the molecule is CNCCOc1cc(Br)c(OC)cc1Br. The lowest BCUT2D eigenvalue weighted by atomic mass is 10.3. The van der Waals surface area contributed by atoms with Gasteiger partial charge in [0.1, 0.15) is 18.1 Å². The molecule has 3 nitrogen and oxygen atoms in total. The van der Waals surface area contributed by atoms with Gasteiger partial charge in [-0.3, -0.25) is 0 Å². The van der Waals surface area contributed by atoms with Crippen LogP contribution in [0.4, 0.5) is 0 Å². The van der Waals surface area contributed by atoms with E-state index >= 15 is 0 Å². The largest absolute Gasteiger partial charge is 0.496 e. The van der Waals surface area contributed by atoms with Crippen LogP contribution in [0.2, 0.25) is 0 Å². The Kier molecular flexibility index (Phi) is 5.42. The lowest BCUT2D eigenvalue weighted by Gasteiger charge is -2.10. The fourth-order valence-electron chi connectivity index (χ4n) is 1.04. The van der Waals surface area contributed by atoms with Crippen molar-refractivity contribution in [3.63, 3.8) is 0 Å². The molecule has 1 aromatic carbocycles. The van der Waals surface area contributed by atoms with Gasteiger partial charge in [0.15, 0.2) is 0 Å². The van der Waals surface area contributed by atoms with Gasteiger partial charge in [-0.1, -0.05) is 0 Å². The predicted molar refractivity (Wildman–Crippen MR) is 67.8 cm³/mol. The van der Waals surface area contributed by atoms with Crippen molar-refractivity contribution >= 4 is 31.9 Å². The maximum Gasteiger partial charge on any atom is 0.134 e. The maximum atomic E-state index is 5.56. The molecule has 0 saturated carbocycles. The van der Waals surface area contributed by atoms with Gasteiger partial charge in [0.05, 0.1) is 16.1 Å². The van der Waals surface area contributed by atoms with Gasteiger partial charge >= 0.3 is 0 Å². The van der Waals surface area contributed by atoms with E-state index in [4.69, 9.17) is 9.47 Å². The van der Waals surface area contributed by atoms with Gasteiger partial charge in [0.2, 0.25) is 0 Å². The highest BCUT2D eigenvalue weighted by molar-refractivity contribution is 9.11. The van der Waals surface area contributed by atoms with Gasteiger partial charge < -0.3 is 14.8 Å². The van der Waals surface area contributed by atoms with Gasteiger partial charge in [-0.2, -0.15) is 0 Å². The average molecular weight is 339 g/mol. The first-order valence-electron chi connectivity index (χ1n) is 4.49. The zero-order valence-corrected chi connectivity index (χ0v) is 11.8. The molecule has 1 aromatic rings. The van der Waals surface area contributed by atoms with E-state index in [0.717, 1.165) is 27.0 Å². The zero-order valence-electron chi connectivity index (χ0n) is 8.64. The summed E-state index contributed by atoms with van der Waals surface area (Å²) in [4.78, 5) is 0. The van der Waals surface area contributed by atoms with Crippen LogP contribution in [0.1, 0.15) is 0 Å². The Morgan fingerprint density at radius 3 is 2.40 bits per heavy atom. The lowest BCUT2D eigenvalue weighted by Crippen LogP contribution is -2.16. The normalized spacial score (nSPS) is 10.1. The Morgan fingerprint density at radius 2 is 1.80 bits per heavy atom. The second-order valence-corrected chi connectivity index (χ2v) is 4.58. The molecule has 84 valence electrons. The lowest BCUT2D eigenvalue weighted by molar-refractivity contribution is 0.315. The standard InChI is InChI=1S/C10H13Br2NO2/c1-13-3-4-15-10-6-7(11)9(14-2)5-8(10)12/h5-6,13H,3-4H2,1-2H3. The number of hydrogen-bond donors (Lipinski definition) is 1. The Hall–Kier alpha value is -0.260. The Labute approximate surface area is 106 Å². The van der Waals surface area contributed by atoms with Crippen molar-refractivity contribution in [2.45, 2.75) is 0 Å². The summed E-state index contributed by atoms with van der Waals surface area (Å²) in [6.45, 7) is 1.45. The van der Waals surface area contributed by atoms with Crippen molar-refractivity contribution in [1.29, 1.82) is 0 Å². The molecule has 15 heavy (non-hydrogen) atoms. The monoisotopic (exact) mass is 337 g/mol. The minimum absolute atomic E-state index is 0.633. The molecule has 0 saturated heterocycles. The van der Waals surface area contributed by atoms with Crippen molar-refractivity contribution < 1.29 is 9.47 Å². The van der Waals surface area contributed by atoms with E-state index in [9.17, 15) is 0 Å². The van der Waals surface area contributed by atoms with Gasteiger partial charge in [-0.25, -0.2) is 0 Å². The number of hydrogen-bond acceptors (Lipinski definition) is 3. The molecule has 5 heteroatoms. The molecule has 0 radical (unpaired) electrons. The Balaban J connectivity index is 2.76. The van der Waals surface area contributed by atoms with Crippen molar-refractivity contribution in [2.75, 3.05) is 27.3 Å². The maximum absolute atomic E-state index is 5.56. The summed E-state index contributed by atoms with van der Waals surface area (Å²) in [6, 6.07) is 3.76. The summed E-state index contributed by atoms with van der Waals surface area (Å²) in [5.74, 6) is 1.58. The highest BCUT2D eigenvalue weighted by atomic mass is 79.9. The van der Waals surface area contributed by atoms with Crippen LogP contribution in [0.5, 0.6) is 11.5 Å². The van der Waals surface area contributed by atoms with Crippen LogP contribution in [0.3, 0.4) is 0 Å². The molecule has 0 heterocycles. The third kappa shape index (κ3) is 3.66. The van der Waals surface area contributed by atoms with Crippen molar-refractivity contribution in [3.8, 4) is 11.5 Å². The minimum Gasteiger partial charge on any atom is -0.496 e. The molecule has 0 fully saturated rings. The number of nitrogens with one attached hydrogen (secondary N) is 1. The first-order valence-corrected chi connectivity index (χ1v) is 6.08. The Morgan fingerprint density at radius 1 is 1.20 bits per heavy atom. The highest BCUT2D eigenvalue weighted by Gasteiger charge is 2.07. The van der Waals surface area contributed by atoms with Crippen LogP contribution in [0, 0.1) is 0 Å². The van der Waals surface area contributed by atoms with Gasteiger partial charge in [-0.15, -0.1) is 0 Å². The minimum atomic E-state index is 0.633. The summed E-state index contributed by atoms with van der Waals surface area (Å²) >= 11 is 6.84. The molecule has 0 atom stereocenters. The van der Waals surface area contributed by atoms with E-state index in [1.807, 2.05) is 19.2 Å². The van der Waals surface area contributed by atoms with Crippen LogP contribution in [-0.4, -0.2) is 27.3 Å². The summed E-state index contributed by atoms with van der Waals surface area (Å²) in [6.07, 6.45) is 0. The molecule has 0 aromatic heterocycles. The first kappa shape index (κ1) is 12.8. The summed E-state index contributed by atoms with van der Waals surface area (Å²) < 4.78 is 12.5. The summed E-state index contributed by atoms with van der Waals surface area (Å²) in [5.41, 5.74) is 0. The Bertz CT molecular complexity index is 331. The van der Waals surface area contributed by atoms with Crippen LogP contribution < -0.4 is 14.8 Å². The topological polar surface area (TPSA) is 30.5 Å². The van der Waals surface area contributed by atoms with E-state index in [1.165, 1.54) is 0 Å². The fourth-order valence-corrected chi connectivity index (χ4v) is 1.96. The van der Waals surface area contributed by atoms with Gasteiger partial charge in [0.25, 0.3) is 0 Å². The number of methoxy groups -OCH3 is 1. The predicted octanol–water partition coefficient (Wildman–Crippen LogP) is 2.82. The molecule has 0 bridgehead atoms. The van der Waals surface area contributed by atoms with Crippen LogP contribution in [0.15, 0.2) is 21.1 Å². The molecule has 0 aliphatic carbocycles. The molecule has 0 aliphatic heterocycles. The van der Waals surface area contributed by atoms with E-state index in [0.29, 0.717) is 6.61 Å². The highest BCUT2D eigenvalue weighted by Crippen LogP contribution is 2.35. The molecular formula is C10H13Br2NO2. The quantitative estimate of drug-likeness (QED) is 0.837. The fraction of sp³-hybridized carbons (Fsp3) is 0.400. The van der Waals surface area contributed by atoms with Gasteiger partial charge in [-0.05, 0) is 51.0 Å². The van der Waals surface area contributed by atoms with E-state index in [-0.39, 0.29) is 0 Å². The van der Waals surface area contributed by atoms with Crippen molar-refractivity contribution in [2.24, 2.45) is 0 Å². The van der Waals surface area contributed by atoms with Crippen molar-refractivity contribution in [1.82, 2.24) is 5.32 Å². The molecule has 0 amide bonds. The summed E-state index contributed by atoms with van der Waals surface area (Å²) in [7, 11) is 3.52. The number of ether oxygens (including phenoxy) is 2. The average Bonchev–Trinajstić information content (AvgIpc) is 2.23. The summed E-state index contributed by atoms with van der Waals surface area (Å²) in [5, 5.41) is 3.02. The molecule has 0 spiro atoms. The first-order chi connectivity index (χ1) is 7.19. The van der Waals surface area contributed by atoms with E-state index in [2.05, 4.69) is 37.2 Å². The van der Waals surface area contributed by atoms with Crippen molar-refractivity contribution in [3.05, 3.63) is 21.1 Å². The van der Waals surface area contributed by atoms with Gasteiger partial charge in [0, 0.05) is 6.54 Å². The second-order valence-electron chi connectivity index (χ2n) is 2.87.